The van der Waals surface area contributed by atoms with E-state index >= 15 is 0 Å². The van der Waals surface area contributed by atoms with Gasteiger partial charge in [-0.15, -0.1) is 0 Å². The van der Waals surface area contributed by atoms with Crippen molar-refractivity contribution in [2.75, 3.05) is 0 Å². The molecule has 13 heavy (non-hydrogen) atoms. The van der Waals surface area contributed by atoms with E-state index in [1.165, 1.54) is 25.1 Å². The molecule has 1 heterocycles. The summed E-state index contributed by atoms with van der Waals surface area (Å²) >= 11 is 0. The van der Waals surface area contributed by atoms with Crippen LogP contribution in [0.25, 0.3) is 0 Å². The Balaban J connectivity index is 2.58. The van der Waals surface area contributed by atoms with E-state index in [1.54, 1.807) is 6.20 Å². The van der Waals surface area contributed by atoms with Crippen LogP contribution in [-0.2, 0) is 6.54 Å². The van der Waals surface area contributed by atoms with Gasteiger partial charge in [0, 0.05) is 25.0 Å². The topological polar surface area (TPSA) is 42.2 Å². The number of hydrogen-bond donors (Lipinski definition) is 1. The van der Waals surface area contributed by atoms with Gasteiger partial charge in [-0.1, -0.05) is 19.8 Å². The first-order valence-corrected chi connectivity index (χ1v) is 4.63. The fourth-order valence-corrected chi connectivity index (χ4v) is 1.20. The number of rotatable bonds is 4. The molecule has 1 N–H and O–H groups in total. The molecule has 3 heteroatoms. The Morgan fingerprint density at radius 3 is 2.85 bits per heavy atom. The molecular formula is C10H15NO2. The molecule has 0 unspecified atom stereocenters. The quantitative estimate of drug-likeness (QED) is 0.719. The minimum absolute atomic E-state index is 0.168. The summed E-state index contributed by atoms with van der Waals surface area (Å²) in [6.07, 6.45) is 6.62. The Hall–Kier alpha value is -1.25. The number of aromatic nitrogens is 1. The zero-order valence-corrected chi connectivity index (χ0v) is 7.86. The van der Waals surface area contributed by atoms with Crippen molar-refractivity contribution in [3.63, 3.8) is 0 Å². The molecule has 0 atom stereocenters. The third-order valence-electron chi connectivity index (χ3n) is 1.98. The highest BCUT2D eigenvalue weighted by atomic mass is 16.3. The first-order chi connectivity index (χ1) is 6.24. The molecule has 1 aromatic rings. The summed E-state index contributed by atoms with van der Waals surface area (Å²) in [5.41, 5.74) is -0.313. The van der Waals surface area contributed by atoms with Crippen molar-refractivity contribution in [2.24, 2.45) is 0 Å². The average molecular weight is 181 g/mol. The summed E-state index contributed by atoms with van der Waals surface area (Å²) in [7, 11) is 0. The lowest BCUT2D eigenvalue weighted by Crippen LogP contribution is -2.05. The highest BCUT2D eigenvalue weighted by molar-refractivity contribution is 5.14. The molecule has 0 fully saturated rings. The van der Waals surface area contributed by atoms with E-state index < -0.39 is 0 Å². The second-order valence-corrected chi connectivity index (χ2v) is 3.14. The Morgan fingerprint density at radius 2 is 2.23 bits per heavy atom. The molecule has 0 spiro atoms. The van der Waals surface area contributed by atoms with Gasteiger partial charge in [-0.25, -0.2) is 0 Å². The molecule has 0 aliphatic rings. The normalized spacial score (nSPS) is 10.2. The molecule has 3 nitrogen and oxygen atoms in total. The number of aromatic hydroxyl groups is 1. The zero-order valence-electron chi connectivity index (χ0n) is 7.86. The van der Waals surface area contributed by atoms with Crippen LogP contribution in [0.3, 0.4) is 0 Å². The monoisotopic (exact) mass is 181 g/mol. The highest BCUT2D eigenvalue weighted by Crippen LogP contribution is 2.02. The maximum Gasteiger partial charge on any atom is 0.223 e. The van der Waals surface area contributed by atoms with Crippen LogP contribution in [0.4, 0.5) is 0 Å². The molecule has 0 amide bonds. The fraction of sp³-hybridized carbons (Fsp3) is 0.500. The van der Waals surface area contributed by atoms with E-state index in [2.05, 4.69) is 6.92 Å². The van der Waals surface area contributed by atoms with Crippen LogP contribution in [0.15, 0.2) is 23.3 Å². The lowest BCUT2D eigenvalue weighted by molar-refractivity contribution is 0.458. The van der Waals surface area contributed by atoms with Crippen LogP contribution in [0, 0.1) is 0 Å². The molecule has 0 bridgehead atoms. The predicted octanol–water partition coefficient (Wildman–Crippen LogP) is 1.74. The molecule has 0 aromatic carbocycles. The van der Waals surface area contributed by atoms with Crippen molar-refractivity contribution >= 4 is 0 Å². The second-order valence-electron chi connectivity index (χ2n) is 3.14. The molecule has 0 saturated heterocycles. The second kappa shape index (κ2) is 4.70. The van der Waals surface area contributed by atoms with Crippen molar-refractivity contribution in [1.82, 2.24) is 4.57 Å². The smallest absolute Gasteiger partial charge is 0.223 e. The molecule has 1 rings (SSSR count). The first kappa shape index (κ1) is 9.84. The minimum atomic E-state index is -0.313. The Labute approximate surface area is 77.6 Å². The third kappa shape index (κ3) is 2.93. The molecule has 0 radical (unpaired) electrons. The number of pyridine rings is 1. The van der Waals surface area contributed by atoms with Crippen LogP contribution < -0.4 is 5.43 Å². The molecule has 72 valence electrons. The van der Waals surface area contributed by atoms with Crippen LogP contribution in [0.1, 0.15) is 26.2 Å². The van der Waals surface area contributed by atoms with Gasteiger partial charge >= 0.3 is 0 Å². The predicted molar refractivity (Wildman–Crippen MR) is 51.9 cm³/mol. The van der Waals surface area contributed by atoms with Gasteiger partial charge in [0.2, 0.25) is 5.43 Å². The summed E-state index contributed by atoms with van der Waals surface area (Å²) in [6.45, 7) is 3.00. The van der Waals surface area contributed by atoms with Gasteiger partial charge in [0.25, 0.3) is 0 Å². The number of unbranched alkanes of at least 4 members (excludes halogenated alkanes) is 2. The summed E-state index contributed by atoms with van der Waals surface area (Å²) in [5, 5.41) is 9.12. The van der Waals surface area contributed by atoms with Crippen LogP contribution in [0.2, 0.25) is 0 Å². The van der Waals surface area contributed by atoms with E-state index in [4.69, 9.17) is 5.11 Å². The van der Waals surface area contributed by atoms with Gasteiger partial charge in [-0.2, -0.15) is 0 Å². The molecule has 0 aliphatic carbocycles. The van der Waals surface area contributed by atoms with E-state index in [0.29, 0.717) is 0 Å². The van der Waals surface area contributed by atoms with Crippen molar-refractivity contribution in [2.45, 2.75) is 32.7 Å². The number of aryl methyl sites for hydroxylation is 1. The van der Waals surface area contributed by atoms with Gasteiger partial charge in [0.1, 0.15) is 0 Å². The minimum Gasteiger partial charge on any atom is -0.503 e. The van der Waals surface area contributed by atoms with Crippen molar-refractivity contribution < 1.29 is 5.11 Å². The van der Waals surface area contributed by atoms with E-state index in [0.717, 1.165) is 13.0 Å². The standard InChI is InChI=1S/C10H15NO2/c1-2-3-4-6-11-7-5-9(12)10(13)8-11/h5,7-8,13H,2-4,6H2,1H3. The average Bonchev–Trinajstić information content (AvgIpc) is 2.12. The van der Waals surface area contributed by atoms with Gasteiger partial charge < -0.3 is 9.67 Å². The van der Waals surface area contributed by atoms with E-state index in [-0.39, 0.29) is 11.2 Å². The van der Waals surface area contributed by atoms with Crippen molar-refractivity contribution in [1.29, 1.82) is 0 Å². The summed E-state index contributed by atoms with van der Waals surface area (Å²) < 4.78 is 1.84. The zero-order chi connectivity index (χ0) is 9.68. The number of hydrogen-bond acceptors (Lipinski definition) is 2. The summed E-state index contributed by atoms with van der Waals surface area (Å²) in [6, 6.07) is 1.39. The SMILES string of the molecule is CCCCCn1ccc(=O)c(O)c1. The molecule has 0 saturated carbocycles. The first-order valence-electron chi connectivity index (χ1n) is 4.63. The maximum atomic E-state index is 10.8. The van der Waals surface area contributed by atoms with Crippen molar-refractivity contribution in [3.05, 3.63) is 28.7 Å². The Kier molecular flexibility index (Phi) is 3.55. The van der Waals surface area contributed by atoms with Crippen LogP contribution in [0.5, 0.6) is 5.75 Å². The number of nitrogens with zero attached hydrogens (tertiary/aromatic N) is 1. The third-order valence-corrected chi connectivity index (χ3v) is 1.98. The van der Waals surface area contributed by atoms with E-state index in [1.807, 2.05) is 4.57 Å². The lowest BCUT2D eigenvalue weighted by atomic mass is 10.2. The van der Waals surface area contributed by atoms with E-state index in [9.17, 15) is 4.79 Å². The maximum absolute atomic E-state index is 10.8. The Morgan fingerprint density at radius 1 is 1.46 bits per heavy atom. The summed E-state index contributed by atoms with van der Waals surface area (Å²) in [4.78, 5) is 10.8. The Bertz CT molecular complexity index is 317. The molecule has 1 aromatic heterocycles. The van der Waals surface area contributed by atoms with Crippen molar-refractivity contribution in [3.8, 4) is 5.75 Å². The highest BCUT2D eigenvalue weighted by Gasteiger charge is 1.95. The van der Waals surface area contributed by atoms with Gasteiger partial charge in [-0.05, 0) is 6.42 Å². The summed E-state index contributed by atoms with van der Waals surface area (Å²) in [5.74, 6) is -0.168. The molecular weight excluding hydrogens is 166 g/mol. The van der Waals surface area contributed by atoms with Crippen LogP contribution >= 0.6 is 0 Å². The van der Waals surface area contributed by atoms with Gasteiger partial charge in [0.15, 0.2) is 5.75 Å². The van der Waals surface area contributed by atoms with Crippen LogP contribution in [-0.4, -0.2) is 9.67 Å². The fourth-order valence-electron chi connectivity index (χ4n) is 1.20. The largest absolute Gasteiger partial charge is 0.503 e. The van der Waals surface area contributed by atoms with Gasteiger partial charge in [0.05, 0.1) is 0 Å². The lowest BCUT2D eigenvalue weighted by Gasteiger charge is -2.04. The molecule has 0 aliphatic heterocycles. The van der Waals surface area contributed by atoms with Gasteiger partial charge in [-0.3, -0.25) is 4.79 Å².